The molecule has 0 aliphatic heterocycles. The molecular weight excluding hydrogens is 612 g/mol. The van der Waals surface area contributed by atoms with E-state index in [0.717, 1.165) is 45.4 Å². The molecule has 294 valence electrons. The molecule has 0 saturated heterocycles. The van der Waals surface area contributed by atoms with Crippen molar-refractivity contribution < 1.29 is 30.4 Å². The quantitative estimate of drug-likeness (QED) is 0.0401. The summed E-state index contributed by atoms with van der Waals surface area (Å²) >= 11 is 0. The van der Waals surface area contributed by atoms with Crippen LogP contribution in [0, 0.1) is 0 Å². The van der Waals surface area contributed by atoms with Crippen molar-refractivity contribution in [2.45, 2.75) is 253 Å². The predicted octanol–water partition coefficient (Wildman–Crippen LogP) is 11.0. The first-order chi connectivity index (χ1) is 23.6. The minimum Gasteiger partial charge on any atom is -0.550 e. The fourth-order valence-corrected chi connectivity index (χ4v) is 5.65. The van der Waals surface area contributed by atoms with Crippen molar-refractivity contribution in [2.75, 3.05) is 0 Å². The standard InChI is InChI=1S/C36H71NO3.C4H11N.C2H4O2/c1-3-5-7-9-11-13-15-17-19-21-23-25-27-29-31-33-35(38)37(40)36(39)34-32-30-28-26-24-22-20-18-16-14-12-10-8-6-4-2;1-3-4(2)5;1-2(3)4/h40H,3-34H2,1-2H3;4H,3,5H2,1-2H3;1H3,(H,3,4). The zero-order chi connectivity index (χ0) is 37.2. The first-order valence-corrected chi connectivity index (χ1v) is 21.2. The molecule has 0 aromatic rings. The average Bonchev–Trinajstić information content (AvgIpc) is 3.07. The van der Waals surface area contributed by atoms with Gasteiger partial charge in [0.2, 0.25) is 0 Å². The predicted molar refractivity (Wildman–Crippen MR) is 206 cm³/mol. The van der Waals surface area contributed by atoms with E-state index in [9.17, 15) is 14.8 Å². The number of rotatable bonds is 33. The molecule has 1 unspecified atom stereocenters. The molecule has 0 fully saturated rings. The molecule has 0 radical (unpaired) electrons. The molecule has 7 heteroatoms. The second-order valence-electron chi connectivity index (χ2n) is 14.5. The second kappa shape index (κ2) is 44.6. The maximum atomic E-state index is 12.1. The Labute approximate surface area is 305 Å². The van der Waals surface area contributed by atoms with E-state index in [0.29, 0.717) is 11.1 Å². The van der Waals surface area contributed by atoms with Crippen molar-refractivity contribution >= 4 is 17.8 Å². The van der Waals surface area contributed by atoms with Gasteiger partial charge < -0.3 is 15.6 Å². The van der Waals surface area contributed by atoms with Crippen LogP contribution >= 0.6 is 0 Å². The molecule has 0 saturated carbocycles. The fourth-order valence-electron chi connectivity index (χ4n) is 5.65. The topological polar surface area (TPSA) is 125 Å². The summed E-state index contributed by atoms with van der Waals surface area (Å²) in [5.74, 6) is -1.94. The van der Waals surface area contributed by atoms with Crippen LogP contribution in [0.3, 0.4) is 0 Å². The van der Waals surface area contributed by atoms with Crippen LogP contribution in [0.25, 0.3) is 0 Å². The van der Waals surface area contributed by atoms with Gasteiger partial charge in [0.1, 0.15) is 0 Å². The summed E-state index contributed by atoms with van der Waals surface area (Å²) in [4.78, 5) is 33.2. The number of nitrogens with zero attached hydrogens (tertiary/aromatic N) is 1. The van der Waals surface area contributed by atoms with Crippen LogP contribution in [-0.2, 0) is 14.4 Å². The molecular formula is C42H86N2O5. The lowest BCUT2D eigenvalue weighted by Crippen LogP contribution is -2.58. The summed E-state index contributed by atoms with van der Waals surface area (Å²) in [6.45, 7) is 9.76. The third-order valence-electron chi connectivity index (χ3n) is 9.16. The highest BCUT2D eigenvalue weighted by Gasteiger charge is 2.18. The summed E-state index contributed by atoms with van der Waals surface area (Å²) in [5, 5.41) is 19.2. The van der Waals surface area contributed by atoms with Crippen LogP contribution in [-0.4, -0.2) is 34.1 Å². The molecule has 4 N–H and O–H groups in total. The number of imide groups is 1. The lowest BCUT2D eigenvalue weighted by Gasteiger charge is -2.13. The van der Waals surface area contributed by atoms with E-state index in [1.807, 2.05) is 0 Å². The van der Waals surface area contributed by atoms with E-state index < -0.39 is 17.8 Å². The van der Waals surface area contributed by atoms with Gasteiger partial charge in [-0.1, -0.05) is 201 Å². The molecule has 0 aliphatic rings. The lowest BCUT2D eigenvalue weighted by atomic mass is 10.0. The monoisotopic (exact) mass is 699 g/mol. The molecule has 0 aromatic carbocycles. The molecule has 7 nitrogen and oxygen atoms in total. The number of quaternary nitrogens is 1. The van der Waals surface area contributed by atoms with Crippen LogP contribution in [0.5, 0.6) is 0 Å². The summed E-state index contributed by atoms with van der Waals surface area (Å²) in [6.07, 6.45) is 40.2. The zero-order valence-electron chi connectivity index (χ0n) is 33.6. The Morgan fingerprint density at radius 2 is 0.653 bits per heavy atom. The molecule has 0 spiro atoms. The van der Waals surface area contributed by atoms with Crippen LogP contribution < -0.4 is 10.8 Å². The third-order valence-corrected chi connectivity index (χ3v) is 9.16. The van der Waals surface area contributed by atoms with Gasteiger partial charge in [0.25, 0.3) is 11.8 Å². The van der Waals surface area contributed by atoms with E-state index in [-0.39, 0.29) is 12.8 Å². The number of amides is 2. The van der Waals surface area contributed by atoms with E-state index in [4.69, 9.17) is 9.90 Å². The van der Waals surface area contributed by atoms with Crippen LogP contribution in [0.4, 0.5) is 0 Å². The van der Waals surface area contributed by atoms with Crippen LogP contribution in [0.2, 0.25) is 0 Å². The van der Waals surface area contributed by atoms with Gasteiger partial charge >= 0.3 is 0 Å². The van der Waals surface area contributed by atoms with Gasteiger partial charge in [0.15, 0.2) is 0 Å². The average molecular weight is 699 g/mol. The Balaban J connectivity index is -0.00000207. The van der Waals surface area contributed by atoms with Gasteiger partial charge in [0, 0.05) is 18.8 Å². The van der Waals surface area contributed by atoms with Crippen molar-refractivity contribution in [1.29, 1.82) is 0 Å². The molecule has 0 aliphatic carbocycles. The van der Waals surface area contributed by atoms with E-state index in [2.05, 4.69) is 33.4 Å². The van der Waals surface area contributed by atoms with E-state index in [1.54, 1.807) is 0 Å². The second-order valence-corrected chi connectivity index (χ2v) is 14.5. The van der Waals surface area contributed by atoms with Gasteiger partial charge in [-0.15, -0.1) is 0 Å². The Morgan fingerprint density at radius 1 is 0.490 bits per heavy atom. The number of hydroxylamine groups is 2. The van der Waals surface area contributed by atoms with Crippen molar-refractivity contribution in [1.82, 2.24) is 5.06 Å². The minimum absolute atomic E-state index is 0.277. The van der Waals surface area contributed by atoms with Crippen LogP contribution in [0.15, 0.2) is 0 Å². The minimum atomic E-state index is -1.08. The maximum absolute atomic E-state index is 12.1. The number of carboxylic acids is 1. The molecule has 1 atom stereocenters. The zero-order valence-corrected chi connectivity index (χ0v) is 33.6. The Morgan fingerprint density at radius 3 is 0.816 bits per heavy atom. The number of hydrogen-bond donors (Lipinski definition) is 2. The number of unbranched alkanes of at least 4 members (excludes halogenated alkanes) is 28. The molecule has 0 rings (SSSR count). The lowest BCUT2D eigenvalue weighted by molar-refractivity contribution is -0.414. The third kappa shape index (κ3) is 51.0. The normalized spacial score (nSPS) is 11.2. The molecule has 2 amide bonds. The summed E-state index contributed by atoms with van der Waals surface area (Å²) < 4.78 is 0. The molecule has 0 aromatic heterocycles. The highest BCUT2D eigenvalue weighted by Crippen LogP contribution is 2.16. The van der Waals surface area contributed by atoms with Crippen LogP contribution in [0.1, 0.15) is 247 Å². The number of carboxylic acid groups (broad SMARTS) is 1. The Bertz CT molecular complexity index is 636. The summed E-state index contributed by atoms with van der Waals surface area (Å²) in [7, 11) is 0. The van der Waals surface area contributed by atoms with Gasteiger partial charge in [-0.3, -0.25) is 14.8 Å². The molecule has 0 bridgehead atoms. The van der Waals surface area contributed by atoms with Gasteiger partial charge in [-0.05, 0) is 33.1 Å². The number of carbonyl (C=O) groups is 3. The van der Waals surface area contributed by atoms with Gasteiger partial charge in [-0.25, -0.2) is 0 Å². The number of carbonyl (C=O) groups excluding carboxylic acids is 3. The first kappa shape index (κ1) is 51.9. The van der Waals surface area contributed by atoms with Crippen molar-refractivity contribution in [2.24, 2.45) is 0 Å². The summed E-state index contributed by atoms with van der Waals surface area (Å²) in [5.41, 5.74) is 3.76. The highest BCUT2D eigenvalue weighted by molar-refractivity contribution is 5.93. The summed E-state index contributed by atoms with van der Waals surface area (Å²) in [6, 6.07) is 0.634. The Kier molecular flexibility index (Phi) is 47.2. The van der Waals surface area contributed by atoms with Crippen molar-refractivity contribution in [3.8, 4) is 0 Å². The van der Waals surface area contributed by atoms with Crippen molar-refractivity contribution in [3.05, 3.63) is 0 Å². The van der Waals surface area contributed by atoms with Gasteiger partial charge in [-0.2, -0.15) is 5.06 Å². The first-order valence-electron chi connectivity index (χ1n) is 21.2. The Hall–Kier alpha value is -1.47. The number of aliphatic carboxylic acids is 1. The smallest absolute Gasteiger partial charge is 0.253 e. The van der Waals surface area contributed by atoms with Crippen molar-refractivity contribution in [3.63, 3.8) is 0 Å². The van der Waals surface area contributed by atoms with E-state index >= 15 is 0 Å². The van der Waals surface area contributed by atoms with E-state index in [1.165, 1.54) is 161 Å². The van der Waals surface area contributed by atoms with Gasteiger partial charge in [0.05, 0.1) is 6.04 Å². The fraction of sp³-hybridized carbons (Fsp3) is 0.929. The molecule has 0 heterocycles. The maximum Gasteiger partial charge on any atom is 0.253 e. The highest BCUT2D eigenvalue weighted by atomic mass is 16.5. The SMILES string of the molecule is CC(=O)[O-].CCC(C)[NH3+].CCCCCCCCCCCCCCCCCC(=O)N(O)C(=O)CCCCCCCCCCCCCCCCC. The molecule has 49 heavy (non-hydrogen) atoms. The number of hydrogen-bond acceptors (Lipinski definition) is 5. The largest absolute Gasteiger partial charge is 0.550 e.